The molecule has 0 fully saturated rings. The minimum atomic E-state index is 0.637. The third-order valence-corrected chi connectivity index (χ3v) is 3.26. The summed E-state index contributed by atoms with van der Waals surface area (Å²) in [4.78, 5) is 8.72. The Balaban J connectivity index is 2.28. The lowest BCUT2D eigenvalue weighted by atomic mass is 10.1. The van der Waals surface area contributed by atoms with E-state index in [0.717, 1.165) is 35.4 Å². The maximum absolute atomic E-state index is 5.27. The summed E-state index contributed by atoms with van der Waals surface area (Å²) in [6.07, 6.45) is 4.38. The van der Waals surface area contributed by atoms with Gasteiger partial charge in [0.1, 0.15) is 0 Å². The van der Waals surface area contributed by atoms with Crippen LogP contribution in [-0.4, -0.2) is 24.7 Å². The number of nitrogens with one attached hydrogen (secondary N) is 1. The van der Waals surface area contributed by atoms with E-state index < -0.39 is 0 Å². The molecule has 0 unspecified atom stereocenters. The van der Waals surface area contributed by atoms with Gasteiger partial charge in [-0.1, -0.05) is 13.0 Å². The van der Waals surface area contributed by atoms with Crippen molar-refractivity contribution in [2.75, 3.05) is 0 Å². The fourth-order valence-corrected chi connectivity index (χ4v) is 2.35. The SMILES string of the molecule is CCCn1c(-c2cccc3nccnc23)n[nH]c1=S. The zero-order chi connectivity index (χ0) is 13.2. The Morgan fingerprint density at radius 1 is 1.26 bits per heavy atom. The Morgan fingerprint density at radius 3 is 2.95 bits per heavy atom. The Labute approximate surface area is 115 Å². The molecule has 3 rings (SSSR count). The van der Waals surface area contributed by atoms with Crippen LogP contribution in [0.15, 0.2) is 30.6 Å². The standard InChI is InChI=1S/C13H13N5S/c1-2-8-18-12(16-17-13(18)19)9-4-3-5-10-11(9)15-7-6-14-10/h3-7H,2,8H2,1H3,(H,17,19). The predicted molar refractivity (Wildman–Crippen MR) is 76.2 cm³/mol. The summed E-state index contributed by atoms with van der Waals surface area (Å²) in [5, 5.41) is 7.19. The van der Waals surface area contributed by atoms with Crippen LogP contribution in [0.3, 0.4) is 0 Å². The van der Waals surface area contributed by atoms with Crippen molar-refractivity contribution >= 4 is 23.3 Å². The molecule has 0 saturated heterocycles. The van der Waals surface area contributed by atoms with Crippen LogP contribution >= 0.6 is 12.2 Å². The van der Waals surface area contributed by atoms with Gasteiger partial charge >= 0.3 is 0 Å². The van der Waals surface area contributed by atoms with Gasteiger partial charge in [-0.15, -0.1) is 0 Å². The number of para-hydroxylation sites is 1. The summed E-state index contributed by atoms with van der Waals surface area (Å²) >= 11 is 5.27. The molecule has 0 amide bonds. The largest absolute Gasteiger partial charge is 0.300 e. The highest BCUT2D eigenvalue weighted by Crippen LogP contribution is 2.24. The molecule has 0 radical (unpaired) electrons. The molecule has 6 heteroatoms. The van der Waals surface area contributed by atoms with Crippen LogP contribution < -0.4 is 0 Å². The zero-order valence-corrected chi connectivity index (χ0v) is 11.3. The molecule has 0 aliphatic rings. The molecule has 96 valence electrons. The van der Waals surface area contributed by atoms with Gasteiger partial charge in [-0.3, -0.25) is 15.1 Å². The van der Waals surface area contributed by atoms with E-state index in [4.69, 9.17) is 12.2 Å². The van der Waals surface area contributed by atoms with Crippen LogP contribution in [0.25, 0.3) is 22.4 Å². The van der Waals surface area contributed by atoms with Gasteiger partial charge in [0, 0.05) is 24.5 Å². The van der Waals surface area contributed by atoms with Crippen LogP contribution in [-0.2, 0) is 6.54 Å². The van der Waals surface area contributed by atoms with Crippen molar-refractivity contribution in [2.24, 2.45) is 0 Å². The van der Waals surface area contributed by atoms with Gasteiger partial charge in [-0.05, 0) is 30.8 Å². The van der Waals surface area contributed by atoms with E-state index in [0.29, 0.717) is 4.77 Å². The number of hydrogen-bond acceptors (Lipinski definition) is 4. The van der Waals surface area contributed by atoms with E-state index in [1.807, 2.05) is 22.8 Å². The fourth-order valence-electron chi connectivity index (χ4n) is 2.13. The number of hydrogen-bond donors (Lipinski definition) is 1. The number of aromatic amines is 1. The highest BCUT2D eigenvalue weighted by atomic mass is 32.1. The number of rotatable bonds is 3. The Hall–Kier alpha value is -2.08. The maximum Gasteiger partial charge on any atom is 0.195 e. The molecule has 1 N–H and O–H groups in total. The number of benzene rings is 1. The number of nitrogens with zero attached hydrogens (tertiary/aromatic N) is 4. The summed E-state index contributed by atoms with van der Waals surface area (Å²) in [5.41, 5.74) is 2.65. The van der Waals surface area contributed by atoms with E-state index in [1.54, 1.807) is 12.4 Å². The van der Waals surface area contributed by atoms with E-state index in [9.17, 15) is 0 Å². The Kier molecular flexibility index (Phi) is 3.08. The molecule has 5 nitrogen and oxygen atoms in total. The summed E-state index contributed by atoms with van der Waals surface area (Å²) in [5.74, 6) is 0.818. The van der Waals surface area contributed by atoms with Crippen LogP contribution in [0.5, 0.6) is 0 Å². The summed E-state index contributed by atoms with van der Waals surface area (Å²) in [7, 11) is 0. The molecule has 0 atom stereocenters. The molecule has 2 heterocycles. The summed E-state index contributed by atoms with van der Waals surface area (Å²) < 4.78 is 2.64. The minimum absolute atomic E-state index is 0.637. The van der Waals surface area contributed by atoms with Crippen LogP contribution in [0, 0.1) is 4.77 Å². The van der Waals surface area contributed by atoms with E-state index in [2.05, 4.69) is 27.1 Å². The number of aromatic nitrogens is 5. The van der Waals surface area contributed by atoms with Crippen LogP contribution in [0.4, 0.5) is 0 Å². The molecular weight excluding hydrogens is 258 g/mol. The van der Waals surface area contributed by atoms with Crippen molar-refractivity contribution in [3.8, 4) is 11.4 Å². The van der Waals surface area contributed by atoms with Crippen molar-refractivity contribution in [3.05, 3.63) is 35.4 Å². The summed E-state index contributed by atoms with van der Waals surface area (Å²) in [6, 6.07) is 5.89. The van der Waals surface area contributed by atoms with E-state index >= 15 is 0 Å². The minimum Gasteiger partial charge on any atom is -0.300 e. The predicted octanol–water partition coefficient (Wildman–Crippen LogP) is 2.96. The van der Waals surface area contributed by atoms with Gasteiger partial charge in [0.15, 0.2) is 10.6 Å². The first kappa shape index (κ1) is 12.0. The topological polar surface area (TPSA) is 59.4 Å². The Bertz CT molecular complexity index is 769. The van der Waals surface area contributed by atoms with Gasteiger partial charge in [0.05, 0.1) is 11.0 Å². The van der Waals surface area contributed by atoms with E-state index in [-0.39, 0.29) is 0 Å². The lowest BCUT2D eigenvalue weighted by Gasteiger charge is -2.07. The quantitative estimate of drug-likeness (QED) is 0.744. The second kappa shape index (κ2) is 4.89. The van der Waals surface area contributed by atoms with Crippen molar-refractivity contribution in [3.63, 3.8) is 0 Å². The molecule has 2 aromatic heterocycles. The zero-order valence-electron chi connectivity index (χ0n) is 10.5. The molecule has 0 saturated carbocycles. The first-order valence-electron chi connectivity index (χ1n) is 6.16. The van der Waals surface area contributed by atoms with E-state index in [1.165, 1.54) is 0 Å². The van der Waals surface area contributed by atoms with Crippen LogP contribution in [0.2, 0.25) is 0 Å². The van der Waals surface area contributed by atoms with Gasteiger partial charge < -0.3 is 4.57 Å². The van der Waals surface area contributed by atoms with Crippen molar-refractivity contribution in [2.45, 2.75) is 19.9 Å². The smallest absolute Gasteiger partial charge is 0.195 e. The second-order valence-corrected chi connectivity index (χ2v) is 4.62. The molecule has 1 aromatic carbocycles. The fraction of sp³-hybridized carbons (Fsp3) is 0.231. The van der Waals surface area contributed by atoms with Gasteiger partial charge in [0.2, 0.25) is 0 Å². The molecule has 0 bridgehead atoms. The van der Waals surface area contributed by atoms with Crippen molar-refractivity contribution < 1.29 is 0 Å². The van der Waals surface area contributed by atoms with Crippen molar-refractivity contribution in [1.29, 1.82) is 0 Å². The maximum atomic E-state index is 5.27. The van der Waals surface area contributed by atoms with Gasteiger partial charge in [-0.25, -0.2) is 0 Å². The Morgan fingerprint density at radius 2 is 2.11 bits per heavy atom. The second-order valence-electron chi connectivity index (χ2n) is 4.23. The summed E-state index contributed by atoms with van der Waals surface area (Å²) in [6.45, 7) is 2.95. The lowest BCUT2D eigenvalue weighted by molar-refractivity contribution is 0.675. The molecule has 0 aliphatic carbocycles. The molecule has 0 aliphatic heterocycles. The van der Waals surface area contributed by atoms with Gasteiger partial charge in [0.25, 0.3) is 0 Å². The first-order valence-corrected chi connectivity index (χ1v) is 6.57. The lowest BCUT2D eigenvalue weighted by Crippen LogP contribution is -2.00. The third kappa shape index (κ3) is 2.04. The van der Waals surface area contributed by atoms with Crippen LogP contribution in [0.1, 0.15) is 13.3 Å². The van der Waals surface area contributed by atoms with Crippen molar-refractivity contribution in [1.82, 2.24) is 24.7 Å². The third-order valence-electron chi connectivity index (χ3n) is 2.95. The molecule has 19 heavy (non-hydrogen) atoms. The monoisotopic (exact) mass is 271 g/mol. The number of fused-ring (bicyclic) bond motifs is 1. The van der Waals surface area contributed by atoms with Gasteiger partial charge in [-0.2, -0.15) is 5.10 Å². The average Bonchev–Trinajstić information content (AvgIpc) is 2.80. The first-order chi connectivity index (χ1) is 9.31. The molecule has 0 spiro atoms. The molecule has 3 aromatic rings. The molecular formula is C13H13N5S. The normalized spacial score (nSPS) is 11.0. The number of H-pyrrole nitrogens is 1. The highest BCUT2D eigenvalue weighted by Gasteiger charge is 2.12. The highest BCUT2D eigenvalue weighted by molar-refractivity contribution is 7.71. The average molecular weight is 271 g/mol.